The molecule has 0 aliphatic heterocycles. The van der Waals surface area contributed by atoms with Crippen molar-refractivity contribution in [2.24, 2.45) is 0 Å². The number of halogens is 1. The van der Waals surface area contributed by atoms with Gasteiger partial charge in [0.05, 0.1) is 6.61 Å². The molecule has 0 saturated heterocycles. The van der Waals surface area contributed by atoms with E-state index in [4.69, 9.17) is 0 Å². The molecule has 1 rings (SSSR count). The van der Waals surface area contributed by atoms with Crippen LogP contribution in [0.2, 0.25) is 0 Å². The summed E-state index contributed by atoms with van der Waals surface area (Å²) in [6.07, 6.45) is -1.42. The normalized spacial score (nSPS) is 12.3. The maximum Gasteiger partial charge on any atom is 0.339 e. The highest BCUT2D eigenvalue weighted by molar-refractivity contribution is 5.76. The first-order valence-corrected chi connectivity index (χ1v) is 4.67. The highest BCUT2D eigenvalue weighted by Crippen LogP contribution is 2.19. The Labute approximate surface area is 87.5 Å². The van der Waals surface area contributed by atoms with Crippen LogP contribution in [-0.4, -0.2) is 17.7 Å². The molecule has 1 unspecified atom stereocenters. The summed E-state index contributed by atoms with van der Waals surface area (Å²) in [6, 6.07) is 3.92. The van der Waals surface area contributed by atoms with Gasteiger partial charge in [0.25, 0.3) is 0 Å². The predicted molar refractivity (Wildman–Crippen MR) is 52.7 cm³/mol. The van der Waals surface area contributed by atoms with E-state index in [2.05, 4.69) is 4.74 Å². The van der Waals surface area contributed by atoms with Gasteiger partial charge in [-0.05, 0) is 37.1 Å². The molecule has 0 aliphatic rings. The summed E-state index contributed by atoms with van der Waals surface area (Å²) in [7, 11) is 0. The van der Waals surface area contributed by atoms with Gasteiger partial charge in [-0.15, -0.1) is 0 Å². The molecule has 3 nitrogen and oxygen atoms in total. The van der Waals surface area contributed by atoms with Gasteiger partial charge in [0, 0.05) is 0 Å². The number of hydrogen-bond acceptors (Lipinski definition) is 3. The van der Waals surface area contributed by atoms with Gasteiger partial charge < -0.3 is 9.84 Å². The van der Waals surface area contributed by atoms with Gasteiger partial charge in [0.2, 0.25) is 0 Å². The van der Waals surface area contributed by atoms with Crippen LogP contribution in [0, 0.1) is 12.7 Å². The van der Waals surface area contributed by atoms with Crippen molar-refractivity contribution in [2.75, 3.05) is 6.61 Å². The SMILES string of the molecule is CCOC(=O)C(O)c1cc(F)ccc1C. The molecule has 0 bridgehead atoms. The molecule has 1 aromatic carbocycles. The van der Waals surface area contributed by atoms with Crippen LogP contribution in [0.1, 0.15) is 24.2 Å². The van der Waals surface area contributed by atoms with E-state index >= 15 is 0 Å². The number of hydrogen-bond donors (Lipinski definition) is 1. The molecule has 0 aliphatic carbocycles. The molecule has 4 heteroatoms. The second-order valence-electron chi connectivity index (χ2n) is 3.16. The fourth-order valence-corrected chi connectivity index (χ4v) is 1.25. The number of aliphatic hydroxyl groups excluding tert-OH is 1. The topological polar surface area (TPSA) is 46.5 Å². The molecule has 0 amide bonds. The standard InChI is InChI=1S/C11H13FO3/c1-3-15-11(14)10(13)9-6-8(12)5-4-7(9)2/h4-6,10,13H,3H2,1-2H3. The summed E-state index contributed by atoms with van der Waals surface area (Å²) in [5.74, 6) is -1.25. The van der Waals surface area contributed by atoms with Crippen molar-refractivity contribution in [3.05, 3.63) is 35.1 Å². The van der Waals surface area contributed by atoms with Gasteiger partial charge in [0.1, 0.15) is 5.82 Å². The largest absolute Gasteiger partial charge is 0.464 e. The van der Waals surface area contributed by atoms with Crippen LogP contribution in [0.4, 0.5) is 4.39 Å². The average molecular weight is 212 g/mol. The van der Waals surface area contributed by atoms with Gasteiger partial charge in [-0.25, -0.2) is 9.18 Å². The number of aliphatic hydroxyl groups is 1. The fraction of sp³-hybridized carbons (Fsp3) is 0.364. The van der Waals surface area contributed by atoms with Crippen LogP contribution in [0.25, 0.3) is 0 Å². The highest BCUT2D eigenvalue weighted by Gasteiger charge is 2.20. The van der Waals surface area contributed by atoms with E-state index in [0.29, 0.717) is 5.56 Å². The van der Waals surface area contributed by atoms with Crippen LogP contribution in [0.3, 0.4) is 0 Å². The molecule has 1 N–H and O–H groups in total. The van der Waals surface area contributed by atoms with E-state index in [1.165, 1.54) is 12.1 Å². The zero-order valence-corrected chi connectivity index (χ0v) is 8.66. The number of rotatable bonds is 3. The number of esters is 1. The molecule has 82 valence electrons. The van der Waals surface area contributed by atoms with E-state index in [1.807, 2.05) is 0 Å². The van der Waals surface area contributed by atoms with Gasteiger partial charge in [0.15, 0.2) is 6.10 Å². The quantitative estimate of drug-likeness (QED) is 0.776. The molecule has 0 saturated carbocycles. The van der Waals surface area contributed by atoms with E-state index in [1.54, 1.807) is 13.8 Å². The Hall–Kier alpha value is -1.42. The minimum Gasteiger partial charge on any atom is -0.464 e. The van der Waals surface area contributed by atoms with Gasteiger partial charge in [-0.1, -0.05) is 6.07 Å². The van der Waals surface area contributed by atoms with Gasteiger partial charge >= 0.3 is 5.97 Å². The second-order valence-corrected chi connectivity index (χ2v) is 3.16. The molecular weight excluding hydrogens is 199 g/mol. The van der Waals surface area contributed by atoms with Crippen LogP contribution in [-0.2, 0) is 9.53 Å². The number of aryl methyl sites for hydroxylation is 1. The first-order chi connectivity index (χ1) is 7.06. The molecule has 0 spiro atoms. The third-order valence-electron chi connectivity index (χ3n) is 2.05. The van der Waals surface area contributed by atoms with Crippen molar-refractivity contribution in [2.45, 2.75) is 20.0 Å². The molecule has 15 heavy (non-hydrogen) atoms. The van der Waals surface area contributed by atoms with Crippen molar-refractivity contribution in [1.29, 1.82) is 0 Å². The Morgan fingerprint density at radius 2 is 2.27 bits per heavy atom. The molecule has 0 fully saturated rings. The minimum absolute atomic E-state index is 0.185. The molecule has 0 aromatic heterocycles. The number of carbonyl (C=O) groups is 1. The minimum atomic E-state index is -1.42. The van der Waals surface area contributed by atoms with Crippen molar-refractivity contribution < 1.29 is 19.0 Å². The third-order valence-corrected chi connectivity index (χ3v) is 2.05. The Kier molecular flexibility index (Phi) is 3.80. The molecule has 0 heterocycles. The lowest BCUT2D eigenvalue weighted by Gasteiger charge is -2.12. The zero-order chi connectivity index (χ0) is 11.4. The molecule has 1 aromatic rings. The summed E-state index contributed by atoms with van der Waals surface area (Å²) in [6.45, 7) is 3.52. The van der Waals surface area contributed by atoms with Crippen LogP contribution >= 0.6 is 0 Å². The third kappa shape index (κ3) is 2.76. The van der Waals surface area contributed by atoms with Crippen molar-refractivity contribution in [1.82, 2.24) is 0 Å². The Balaban J connectivity index is 2.94. The summed E-state index contributed by atoms with van der Waals surface area (Å²) in [5, 5.41) is 9.58. The first kappa shape index (κ1) is 11.7. The summed E-state index contributed by atoms with van der Waals surface area (Å²) >= 11 is 0. The number of ether oxygens (including phenoxy) is 1. The Morgan fingerprint density at radius 3 is 2.87 bits per heavy atom. The number of carbonyl (C=O) groups excluding carboxylic acids is 1. The average Bonchev–Trinajstić information content (AvgIpc) is 2.21. The lowest BCUT2D eigenvalue weighted by Crippen LogP contribution is -2.16. The van der Waals surface area contributed by atoms with E-state index in [-0.39, 0.29) is 12.2 Å². The van der Waals surface area contributed by atoms with Gasteiger partial charge in [-0.3, -0.25) is 0 Å². The Morgan fingerprint density at radius 1 is 1.60 bits per heavy atom. The summed E-state index contributed by atoms with van der Waals surface area (Å²) in [4.78, 5) is 11.2. The molecule has 1 atom stereocenters. The lowest BCUT2D eigenvalue weighted by molar-refractivity contribution is -0.153. The second kappa shape index (κ2) is 4.89. The summed E-state index contributed by atoms with van der Waals surface area (Å²) < 4.78 is 17.5. The smallest absolute Gasteiger partial charge is 0.339 e. The van der Waals surface area contributed by atoms with Crippen molar-refractivity contribution in [3.63, 3.8) is 0 Å². The maximum absolute atomic E-state index is 12.9. The van der Waals surface area contributed by atoms with Crippen LogP contribution < -0.4 is 0 Å². The monoisotopic (exact) mass is 212 g/mol. The van der Waals surface area contributed by atoms with E-state index in [0.717, 1.165) is 6.07 Å². The van der Waals surface area contributed by atoms with Crippen molar-refractivity contribution >= 4 is 5.97 Å². The van der Waals surface area contributed by atoms with Crippen molar-refractivity contribution in [3.8, 4) is 0 Å². The van der Waals surface area contributed by atoms with Crippen LogP contribution in [0.5, 0.6) is 0 Å². The van der Waals surface area contributed by atoms with E-state index in [9.17, 15) is 14.3 Å². The molecule has 0 radical (unpaired) electrons. The van der Waals surface area contributed by atoms with Gasteiger partial charge in [-0.2, -0.15) is 0 Å². The van der Waals surface area contributed by atoms with E-state index < -0.39 is 17.9 Å². The summed E-state index contributed by atoms with van der Waals surface area (Å²) in [5.41, 5.74) is 0.894. The zero-order valence-electron chi connectivity index (χ0n) is 8.66. The Bertz CT molecular complexity index is 363. The highest BCUT2D eigenvalue weighted by atomic mass is 19.1. The fourth-order valence-electron chi connectivity index (χ4n) is 1.25. The molecular formula is C11H13FO3. The number of benzene rings is 1. The predicted octanol–water partition coefficient (Wildman–Crippen LogP) is 1.73. The van der Waals surface area contributed by atoms with Crippen LogP contribution in [0.15, 0.2) is 18.2 Å². The maximum atomic E-state index is 12.9. The lowest BCUT2D eigenvalue weighted by atomic mass is 10.0. The first-order valence-electron chi connectivity index (χ1n) is 4.67.